The van der Waals surface area contributed by atoms with E-state index in [2.05, 4.69) is 0 Å². The molecule has 0 saturated carbocycles. The van der Waals surface area contributed by atoms with Crippen LogP contribution >= 0.6 is 0 Å². The number of aliphatic hydroxyl groups excluding tert-OH is 1. The van der Waals surface area contributed by atoms with Crippen LogP contribution in [0.25, 0.3) is 0 Å². The van der Waals surface area contributed by atoms with E-state index in [1.807, 2.05) is 29.2 Å². The maximum atomic E-state index is 12.4. The molecular formula is C16H20N2O4. The minimum atomic E-state index is -0.779. The molecule has 6 heteroatoms. The molecule has 2 aliphatic heterocycles. The Morgan fingerprint density at radius 2 is 1.95 bits per heavy atom. The molecule has 2 saturated heterocycles. The Morgan fingerprint density at radius 3 is 2.59 bits per heavy atom. The molecule has 0 radical (unpaired) electrons. The number of anilines is 1. The van der Waals surface area contributed by atoms with E-state index < -0.39 is 12.2 Å². The number of benzene rings is 1. The molecule has 2 atom stereocenters. The second-order valence-corrected chi connectivity index (χ2v) is 5.91. The molecule has 0 aliphatic carbocycles. The second-order valence-electron chi connectivity index (χ2n) is 5.91. The van der Waals surface area contributed by atoms with Gasteiger partial charge in [0.25, 0.3) is 0 Å². The van der Waals surface area contributed by atoms with Gasteiger partial charge >= 0.3 is 5.97 Å². The lowest BCUT2D eigenvalue weighted by Crippen LogP contribution is -2.33. The number of fused-ring (bicyclic) bond motifs is 1. The van der Waals surface area contributed by atoms with Crippen molar-refractivity contribution in [3.8, 4) is 0 Å². The number of aliphatic carboxylic acids is 1. The monoisotopic (exact) mass is 304 g/mol. The van der Waals surface area contributed by atoms with Crippen molar-refractivity contribution in [3.05, 3.63) is 29.8 Å². The molecular weight excluding hydrogens is 284 g/mol. The molecule has 6 nitrogen and oxygen atoms in total. The number of aryl methyl sites for hydroxylation is 1. The summed E-state index contributed by atoms with van der Waals surface area (Å²) in [5, 5.41) is 18.5. The van der Waals surface area contributed by atoms with Crippen LogP contribution in [0.5, 0.6) is 0 Å². The predicted molar refractivity (Wildman–Crippen MR) is 80.2 cm³/mol. The van der Waals surface area contributed by atoms with Crippen molar-refractivity contribution >= 4 is 17.6 Å². The highest BCUT2D eigenvalue weighted by molar-refractivity contribution is 5.99. The number of nitrogens with zero attached hydrogens (tertiary/aromatic N) is 2. The van der Waals surface area contributed by atoms with Gasteiger partial charge in [-0.05, 0) is 43.4 Å². The van der Waals surface area contributed by atoms with E-state index in [4.69, 9.17) is 5.11 Å². The van der Waals surface area contributed by atoms with Crippen LogP contribution in [0.1, 0.15) is 31.2 Å². The van der Waals surface area contributed by atoms with Crippen LogP contribution in [0.15, 0.2) is 24.3 Å². The van der Waals surface area contributed by atoms with E-state index >= 15 is 0 Å². The summed E-state index contributed by atoms with van der Waals surface area (Å²) >= 11 is 0. The molecule has 3 rings (SSSR count). The fourth-order valence-corrected chi connectivity index (χ4v) is 3.21. The quantitative estimate of drug-likeness (QED) is 0.854. The number of carboxylic acid groups (broad SMARTS) is 1. The van der Waals surface area contributed by atoms with Crippen molar-refractivity contribution in [1.29, 1.82) is 0 Å². The fraction of sp³-hybridized carbons (Fsp3) is 0.500. The molecule has 2 N–H and O–H groups in total. The molecule has 0 spiro atoms. The molecule has 2 aliphatic rings. The summed E-state index contributed by atoms with van der Waals surface area (Å²) in [6.07, 6.45) is 2.35. The maximum absolute atomic E-state index is 12.4. The summed E-state index contributed by atoms with van der Waals surface area (Å²) in [5.41, 5.74) is 1.89. The number of amides is 1. The van der Waals surface area contributed by atoms with E-state index in [-0.39, 0.29) is 18.4 Å². The number of carbonyl (C=O) groups excluding carboxylic acids is 1. The van der Waals surface area contributed by atoms with Gasteiger partial charge in [-0.2, -0.15) is 0 Å². The van der Waals surface area contributed by atoms with E-state index in [1.165, 1.54) is 0 Å². The summed E-state index contributed by atoms with van der Waals surface area (Å²) in [6, 6.07) is 7.46. The summed E-state index contributed by atoms with van der Waals surface area (Å²) in [6.45, 7) is 0.434. The zero-order valence-corrected chi connectivity index (χ0v) is 12.3. The van der Waals surface area contributed by atoms with Gasteiger partial charge in [0, 0.05) is 12.1 Å². The molecule has 1 aromatic carbocycles. The lowest BCUT2D eigenvalue weighted by atomic mass is 10.1. The normalized spacial score (nSPS) is 24.8. The smallest absolute Gasteiger partial charge is 0.303 e. The van der Waals surface area contributed by atoms with Crippen molar-refractivity contribution in [1.82, 2.24) is 4.90 Å². The SMILES string of the molecule is O=C(O)CCCc1ccc(N2CN3C(O)CCC3C2=O)cc1. The lowest BCUT2D eigenvalue weighted by Gasteiger charge is -2.20. The van der Waals surface area contributed by atoms with Crippen LogP contribution in [-0.4, -0.2) is 45.9 Å². The number of hydrogen-bond donors (Lipinski definition) is 2. The largest absolute Gasteiger partial charge is 0.481 e. The minimum Gasteiger partial charge on any atom is -0.481 e. The molecule has 0 bridgehead atoms. The molecule has 2 heterocycles. The minimum absolute atomic E-state index is 0.0511. The van der Waals surface area contributed by atoms with Gasteiger partial charge < -0.3 is 10.2 Å². The van der Waals surface area contributed by atoms with E-state index in [9.17, 15) is 14.7 Å². The van der Waals surface area contributed by atoms with Crippen LogP contribution in [0.3, 0.4) is 0 Å². The number of carboxylic acids is 1. The molecule has 22 heavy (non-hydrogen) atoms. The van der Waals surface area contributed by atoms with Crippen molar-refractivity contribution in [2.45, 2.75) is 44.4 Å². The molecule has 1 amide bonds. The first-order valence-corrected chi connectivity index (χ1v) is 7.62. The third kappa shape index (κ3) is 2.84. The zero-order chi connectivity index (χ0) is 15.7. The summed E-state index contributed by atoms with van der Waals surface area (Å²) in [4.78, 5) is 26.4. The molecule has 2 unspecified atom stereocenters. The summed E-state index contributed by atoms with van der Waals surface area (Å²) < 4.78 is 0. The first-order valence-electron chi connectivity index (χ1n) is 7.62. The first-order chi connectivity index (χ1) is 10.6. The van der Waals surface area contributed by atoms with Gasteiger partial charge in [0.15, 0.2) is 0 Å². The first kappa shape index (κ1) is 15.0. The van der Waals surface area contributed by atoms with Crippen LogP contribution in [0.2, 0.25) is 0 Å². The van der Waals surface area contributed by atoms with E-state index in [0.717, 1.165) is 11.3 Å². The van der Waals surface area contributed by atoms with Crippen molar-refractivity contribution in [2.75, 3.05) is 11.6 Å². The Morgan fingerprint density at radius 1 is 1.23 bits per heavy atom. The third-order valence-corrected chi connectivity index (χ3v) is 4.44. The van der Waals surface area contributed by atoms with E-state index in [1.54, 1.807) is 4.90 Å². The van der Waals surface area contributed by atoms with Gasteiger partial charge in [-0.1, -0.05) is 12.1 Å². The fourth-order valence-electron chi connectivity index (χ4n) is 3.21. The Balaban J connectivity index is 1.64. The number of carbonyl (C=O) groups is 2. The van der Waals surface area contributed by atoms with Crippen LogP contribution in [0.4, 0.5) is 5.69 Å². The van der Waals surface area contributed by atoms with Gasteiger partial charge in [0.1, 0.15) is 6.23 Å². The third-order valence-electron chi connectivity index (χ3n) is 4.44. The number of hydrogen-bond acceptors (Lipinski definition) is 4. The average molecular weight is 304 g/mol. The highest BCUT2D eigenvalue weighted by Crippen LogP contribution is 2.32. The molecule has 2 fully saturated rings. The zero-order valence-electron chi connectivity index (χ0n) is 12.3. The Hall–Kier alpha value is -1.92. The summed E-state index contributed by atoms with van der Waals surface area (Å²) in [7, 11) is 0. The van der Waals surface area contributed by atoms with Crippen LogP contribution < -0.4 is 4.90 Å². The molecule has 0 aromatic heterocycles. The highest BCUT2D eigenvalue weighted by atomic mass is 16.4. The van der Waals surface area contributed by atoms with Gasteiger partial charge in [-0.15, -0.1) is 0 Å². The van der Waals surface area contributed by atoms with Crippen LogP contribution in [0, 0.1) is 0 Å². The van der Waals surface area contributed by atoms with Crippen molar-refractivity contribution in [3.63, 3.8) is 0 Å². The lowest BCUT2D eigenvalue weighted by molar-refractivity contribution is -0.137. The standard InChI is InChI=1S/C16H20N2O4/c19-14-9-8-13-16(22)17(10-18(13)14)12-6-4-11(5-7-12)2-1-3-15(20)21/h4-7,13-14,19H,1-3,8-10H2,(H,20,21). The Kier molecular flexibility index (Phi) is 4.13. The van der Waals surface area contributed by atoms with Gasteiger partial charge in [-0.3, -0.25) is 14.5 Å². The molecule has 118 valence electrons. The number of aliphatic hydroxyl groups is 1. The van der Waals surface area contributed by atoms with E-state index in [0.29, 0.717) is 32.4 Å². The predicted octanol–water partition coefficient (Wildman–Crippen LogP) is 1.18. The van der Waals surface area contributed by atoms with Crippen LogP contribution in [-0.2, 0) is 16.0 Å². The topological polar surface area (TPSA) is 81.1 Å². The number of rotatable bonds is 5. The molecule has 1 aromatic rings. The highest BCUT2D eigenvalue weighted by Gasteiger charge is 2.45. The maximum Gasteiger partial charge on any atom is 0.303 e. The van der Waals surface area contributed by atoms with Crippen molar-refractivity contribution in [2.24, 2.45) is 0 Å². The van der Waals surface area contributed by atoms with Gasteiger partial charge in [-0.25, -0.2) is 4.90 Å². The Bertz CT molecular complexity index is 572. The van der Waals surface area contributed by atoms with Crippen molar-refractivity contribution < 1.29 is 19.8 Å². The van der Waals surface area contributed by atoms with Gasteiger partial charge in [0.05, 0.1) is 12.7 Å². The average Bonchev–Trinajstić information content (AvgIpc) is 3.01. The van der Waals surface area contributed by atoms with Gasteiger partial charge in [0.2, 0.25) is 5.91 Å². The Labute approximate surface area is 129 Å². The second kappa shape index (κ2) is 6.06. The summed E-state index contributed by atoms with van der Waals surface area (Å²) in [5.74, 6) is -0.728.